The molecule has 0 aromatic heterocycles. The number of anilines is 1. The van der Waals surface area contributed by atoms with E-state index in [4.69, 9.17) is 0 Å². The number of rotatable bonds is 4. The lowest BCUT2D eigenvalue weighted by molar-refractivity contribution is -0.139. The molecule has 0 unspecified atom stereocenters. The summed E-state index contributed by atoms with van der Waals surface area (Å²) in [5.41, 5.74) is -0.119. The molecule has 0 atom stereocenters. The summed E-state index contributed by atoms with van der Waals surface area (Å²) in [6.07, 6.45) is -4.51. The normalized spacial score (nSPS) is 15.1. The largest absolute Gasteiger partial charge is 0.416 e. The first-order valence-corrected chi connectivity index (χ1v) is 8.32. The van der Waals surface area contributed by atoms with Crippen molar-refractivity contribution < 1.29 is 22.8 Å². The lowest BCUT2D eigenvalue weighted by Crippen LogP contribution is -2.38. The van der Waals surface area contributed by atoms with Gasteiger partial charge in [0.25, 0.3) is 11.8 Å². The molecule has 1 heterocycles. The van der Waals surface area contributed by atoms with Gasteiger partial charge < -0.3 is 5.32 Å². The van der Waals surface area contributed by atoms with Crippen molar-refractivity contribution in [2.45, 2.75) is 26.1 Å². The summed E-state index contributed by atoms with van der Waals surface area (Å²) in [6, 6.07) is 12.7. The van der Waals surface area contributed by atoms with E-state index in [0.29, 0.717) is 5.56 Å². The Morgan fingerprint density at radius 2 is 1.59 bits per heavy atom. The first-order valence-electron chi connectivity index (χ1n) is 8.32. The topological polar surface area (TPSA) is 49.4 Å². The zero-order chi connectivity index (χ0) is 19.8. The van der Waals surface area contributed by atoms with Gasteiger partial charge in [0, 0.05) is 11.7 Å². The van der Waals surface area contributed by atoms with Gasteiger partial charge in [-0.05, 0) is 37.6 Å². The van der Waals surface area contributed by atoms with E-state index in [9.17, 15) is 22.8 Å². The SMILES string of the molecule is CC(C)N1C(=O)C(Nc2cccc(C(F)(F)F)c2)=C(c2ccccc2)C1=O. The number of amides is 2. The Morgan fingerprint density at radius 3 is 2.19 bits per heavy atom. The number of carbonyl (C=O) groups excluding carboxylic acids is 2. The smallest absolute Gasteiger partial charge is 0.350 e. The van der Waals surface area contributed by atoms with Crippen LogP contribution in [0.15, 0.2) is 60.3 Å². The van der Waals surface area contributed by atoms with E-state index < -0.39 is 23.6 Å². The number of nitrogens with one attached hydrogen (secondary N) is 1. The molecular formula is C20H17F3N2O2. The van der Waals surface area contributed by atoms with Gasteiger partial charge in [0.1, 0.15) is 5.70 Å². The lowest BCUT2D eigenvalue weighted by atomic mass is 10.0. The van der Waals surface area contributed by atoms with Crippen LogP contribution in [0.4, 0.5) is 18.9 Å². The maximum atomic E-state index is 13.0. The van der Waals surface area contributed by atoms with Crippen molar-refractivity contribution in [3.8, 4) is 0 Å². The number of halogens is 3. The molecule has 0 radical (unpaired) electrons. The molecule has 4 nitrogen and oxygen atoms in total. The Balaban J connectivity index is 2.08. The molecule has 3 rings (SSSR count). The molecule has 0 saturated carbocycles. The minimum absolute atomic E-state index is 0.0285. The molecule has 0 aliphatic carbocycles. The maximum Gasteiger partial charge on any atom is 0.416 e. The van der Waals surface area contributed by atoms with E-state index in [0.717, 1.165) is 17.0 Å². The van der Waals surface area contributed by atoms with E-state index in [2.05, 4.69) is 5.32 Å². The fourth-order valence-electron chi connectivity index (χ4n) is 2.92. The Bertz CT molecular complexity index is 918. The lowest BCUT2D eigenvalue weighted by Gasteiger charge is -2.19. The van der Waals surface area contributed by atoms with E-state index in [1.807, 2.05) is 0 Å². The average molecular weight is 374 g/mol. The Hall–Kier alpha value is -3.09. The zero-order valence-electron chi connectivity index (χ0n) is 14.7. The molecule has 7 heteroatoms. The molecule has 27 heavy (non-hydrogen) atoms. The van der Waals surface area contributed by atoms with Crippen molar-refractivity contribution in [1.29, 1.82) is 0 Å². The monoisotopic (exact) mass is 374 g/mol. The predicted molar refractivity (Wildman–Crippen MR) is 95.4 cm³/mol. The predicted octanol–water partition coefficient (Wildman–Crippen LogP) is 4.31. The highest BCUT2D eigenvalue weighted by molar-refractivity contribution is 6.36. The van der Waals surface area contributed by atoms with Gasteiger partial charge in [0.15, 0.2) is 0 Å². The Kier molecular flexibility index (Phi) is 4.78. The number of hydrogen-bond acceptors (Lipinski definition) is 3. The van der Waals surface area contributed by atoms with Crippen molar-refractivity contribution in [2.24, 2.45) is 0 Å². The first-order chi connectivity index (χ1) is 12.7. The molecule has 0 fully saturated rings. The average Bonchev–Trinajstić information content (AvgIpc) is 2.85. The van der Waals surface area contributed by atoms with Crippen molar-refractivity contribution in [1.82, 2.24) is 4.90 Å². The molecule has 1 aliphatic heterocycles. The molecule has 2 amide bonds. The summed E-state index contributed by atoms with van der Waals surface area (Å²) in [4.78, 5) is 26.7. The van der Waals surface area contributed by atoms with Gasteiger partial charge in [-0.25, -0.2) is 0 Å². The third kappa shape index (κ3) is 3.58. The van der Waals surface area contributed by atoms with Gasteiger partial charge >= 0.3 is 6.18 Å². The van der Waals surface area contributed by atoms with Crippen LogP contribution in [0.25, 0.3) is 5.57 Å². The van der Waals surface area contributed by atoms with Crippen LogP contribution in [0.5, 0.6) is 0 Å². The minimum Gasteiger partial charge on any atom is -0.350 e. The summed E-state index contributed by atoms with van der Waals surface area (Å²) in [5.74, 6) is -1.04. The van der Waals surface area contributed by atoms with Crippen LogP contribution in [0.2, 0.25) is 0 Å². The van der Waals surface area contributed by atoms with Crippen LogP contribution >= 0.6 is 0 Å². The number of benzene rings is 2. The van der Waals surface area contributed by atoms with E-state index in [1.54, 1.807) is 44.2 Å². The van der Waals surface area contributed by atoms with Crippen LogP contribution in [0.1, 0.15) is 25.0 Å². The Morgan fingerprint density at radius 1 is 0.926 bits per heavy atom. The van der Waals surface area contributed by atoms with Crippen LogP contribution in [0, 0.1) is 0 Å². The third-order valence-electron chi connectivity index (χ3n) is 4.15. The first kappa shape index (κ1) is 18.7. The van der Waals surface area contributed by atoms with Crippen molar-refractivity contribution in [2.75, 3.05) is 5.32 Å². The second kappa shape index (κ2) is 6.90. The molecule has 1 N–H and O–H groups in total. The second-order valence-corrected chi connectivity index (χ2v) is 6.39. The number of nitrogens with zero attached hydrogens (tertiary/aromatic N) is 1. The summed E-state index contributed by atoms with van der Waals surface area (Å²) in [6.45, 7) is 3.40. The van der Waals surface area contributed by atoms with Crippen molar-refractivity contribution in [3.05, 3.63) is 71.4 Å². The highest BCUT2D eigenvalue weighted by Gasteiger charge is 2.40. The summed E-state index contributed by atoms with van der Waals surface area (Å²) in [5, 5.41) is 2.73. The maximum absolute atomic E-state index is 13.0. The number of imide groups is 1. The number of carbonyl (C=O) groups is 2. The molecule has 0 spiro atoms. The van der Waals surface area contributed by atoms with Crippen molar-refractivity contribution in [3.63, 3.8) is 0 Å². The van der Waals surface area contributed by atoms with Crippen LogP contribution in [-0.2, 0) is 15.8 Å². The molecular weight excluding hydrogens is 357 g/mol. The van der Waals surface area contributed by atoms with Gasteiger partial charge in [0.05, 0.1) is 11.1 Å². The van der Waals surface area contributed by atoms with Crippen molar-refractivity contribution >= 4 is 23.1 Å². The second-order valence-electron chi connectivity index (χ2n) is 6.39. The third-order valence-corrected chi connectivity index (χ3v) is 4.15. The number of hydrogen-bond donors (Lipinski definition) is 1. The standard InChI is InChI=1S/C20H17F3N2O2/c1-12(2)25-18(26)16(13-7-4-3-5-8-13)17(19(25)27)24-15-10-6-9-14(11-15)20(21,22)23/h3-12,24H,1-2H3. The van der Waals surface area contributed by atoms with Gasteiger partial charge in [-0.15, -0.1) is 0 Å². The molecule has 0 saturated heterocycles. The van der Waals surface area contributed by atoms with Gasteiger partial charge in [-0.1, -0.05) is 36.4 Å². The van der Waals surface area contributed by atoms with E-state index >= 15 is 0 Å². The van der Waals surface area contributed by atoms with E-state index in [-0.39, 0.29) is 23.0 Å². The highest BCUT2D eigenvalue weighted by Crippen LogP contribution is 2.34. The molecule has 0 bridgehead atoms. The summed E-state index contributed by atoms with van der Waals surface area (Å²) >= 11 is 0. The molecule has 2 aromatic rings. The van der Waals surface area contributed by atoms with Gasteiger partial charge in [-0.2, -0.15) is 13.2 Å². The minimum atomic E-state index is -4.51. The van der Waals surface area contributed by atoms with Crippen LogP contribution in [-0.4, -0.2) is 22.8 Å². The summed E-state index contributed by atoms with van der Waals surface area (Å²) < 4.78 is 38.9. The fourth-order valence-corrected chi connectivity index (χ4v) is 2.92. The van der Waals surface area contributed by atoms with Gasteiger partial charge in [0.2, 0.25) is 0 Å². The van der Waals surface area contributed by atoms with E-state index in [1.165, 1.54) is 12.1 Å². The van der Waals surface area contributed by atoms with Crippen LogP contribution in [0.3, 0.4) is 0 Å². The fraction of sp³-hybridized carbons (Fsp3) is 0.200. The molecule has 140 valence electrons. The van der Waals surface area contributed by atoms with Gasteiger partial charge in [-0.3, -0.25) is 14.5 Å². The number of alkyl halides is 3. The Labute approximate surface area is 154 Å². The zero-order valence-corrected chi connectivity index (χ0v) is 14.7. The quantitative estimate of drug-likeness (QED) is 0.812. The molecule has 1 aliphatic rings. The van der Waals surface area contributed by atoms with Crippen LogP contribution < -0.4 is 5.32 Å². The molecule has 2 aromatic carbocycles. The summed E-state index contributed by atoms with van der Waals surface area (Å²) in [7, 11) is 0. The highest BCUT2D eigenvalue weighted by atomic mass is 19.4.